The summed E-state index contributed by atoms with van der Waals surface area (Å²) in [5.74, 6) is 0. The first-order chi connectivity index (χ1) is 7.14. The van der Waals surface area contributed by atoms with E-state index in [1.165, 1.54) is 19.1 Å². The van der Waals surface area contributed by atoms with E-state index in [1.54, 1.807) is 6.92 Å². The molecule has 0 spiro atoms. The maximum absolute atomic E-state index is 12.1. The number of alkyl halides is 3. The highest BCUT2D eigenvalue weighted by molar-refractivity contribution is 7.83. The Hall–Kier alpha value is -0.400. The Morgan fingerprint density at radius 3 is 2.12 bits per heavy atom. The molecular formula is C9H16F3NO2S. The van der Waals surface area contributed by atoms with Gasteiger partial charge < -0.3 is 4.74 Å². The van der Waals surface area contributed by atoms with Gasteiger partial charge in [-0.3, -0.25) is 5.14 Å². The van der Waals surface area contributed by atoms with Crippen molar-refractivity contribution in [2.24, 2.45) is 5.14 Å². The van der Waals surface area contributed by atoms with E-state index in [-0.39, 0.29) is 0 Å². The Kier molecular flexibility index (Phi) is 6.20. The van der Waals surface area contributed by atoms with Crippen LogP contribution < -0.4 is 5.14 Å². The first-order valence-electron chi connectivity index (χ1n) is 4.70. The number of ether oxygens (including phenoxy) is 1. The fourth-order valence-corrected chi connectivity index (χ4v) is 1.08. The highest BCUT2D eigenvalue weighted by Crippen LogP contribution is 2.23. The summed E-state index contributed by atoms with van der Waals surface area (Å²) >= 11 is 0. The largest absolute Gasteiger partial charge is 0.414 e. The maximum atomic E-state index is 12.1. The zero-order chi connectivity index (χ0) is 12.9. The summed E-state index contributed by atoms with van der Waals surface area (Å²) in [5, 5.41) is 4.68. The second-order valence-corrected chi connectivity index (χ2v) is 4.84. The molecule has 0 aliphatic rings. The lowest BCUT2D eigenvalue weighted by molar-refractivity contribution is -0.220. The summed E-state index contributed by atoms with van der Waals surface area (Å²) in [5.41, 5.74) is 0. The zero-order valence-electron chi connectivity index (χ0n) is 9.32. The van der Waals surface area contributed by atoms with E-state index >= 15 is 0 Å². The molecule has 0 aromatic carbocycles. The van der Waals surface area contributed by atoms with Crippen LogP contribution in [-0.4, -0.2) is 27.8 Å². The third-order valence-corrected chi connectivity index (χ3v) is 2.79. The number of hydrogen-bond donors (Lipinski definition) is 1. The molecule has 0 aliphatic heterocycles. The van der Waals surface area contributed by atoms with Crippen LogP contribution in [0.4, 0.5) is 13.2 Å². The minimum absolute atomic E-state index is 0.410. The van der Waals surface area contributed by atoms with Gasteiger partial charge in [0, 0.05) is 0 Å². The average molecular weight is 259 g/mol. The Balaban J connectivity index is 4.18. The van der Waals surface area contributed by atoms with E-state index < -0.39 is 34.6 Å². The molecule has 0 aromatic heterocycles. The first kappa shape index (κ1) is 15.6. The molecule has 2 unspecified atom stereocenters. The second-order valence-electron chi connectivity index (χ2n) is 3.44. The Bertz CT molecular complexity index is 268. The summed E-state index contributed by atoms with van der Waals surface area (Å²) in [6.07, 6.45) is -4.01. The molecule has 0 radical (unpaired) electrons. The highest BCUT2D eigenvalue weighted by atomic mass is 32.2. The smallest absolute Gasteiger partial charge is 0.362 e. The Labute approximate surface area is 95.4 Å². The lowest BCUT2D eigenvalue weighted by atomic mass is 10.3. The number of hydrogen-bond acceptors (Lipinski definition) is 2. The van der Waals surface area contributed by atoms with Crippen molar-refractivity contribution in [1.82, 2.24) is 0 Å². The van der Waals surface area contributed by atoms with Crippen LogP contribution in [0.25, 0.3) is 0 Å². The SMILES string of the molecule is CC(/C=C/[C@@H](C)O[C@H](C)C(F)(F)F)S(N)=O. The van der Waals surface area contributed by atoms with Crippen LogP contribution in [0, 0.1) is 0 Å². The third-order valence-electron chi connectivity index (χ3n) is 1.90. The van der Waals surface area contributed by atoms with E-state index in [0.29, 0.717) is 0 Å². The standard InChI is InChI=1S/C9H16F3NO2S/c1-6(4-5-7(2)16(13)14)15-8(3)9(10,11)12/h4-8H,13H2,1-3H3/b5-4+/t6-,7?,8-,16?/m1/s1. The molecule has 2 N–H and O–H groups in total. The Morgan fingerprint density at radius 2 is 1.75 bits per heavy atom. The van der Waals surface area contributed by atoms with Gasteiger partial charge in [-0.1, -0.05) is 12.2 Å². The van der Waals surface area contributed by atoms with Crippen LogP contribution in [0.15, 0.2) is 12.2 Å². The molecule has 16 heavy (non-hydrogen) atoms. The predicted octanol–water partition coefficient (Wildman–Crippen LogP) is 1.91. The van der Waals surface area contributed by atoms with Gasteiger partial charge in [-0.25, -0.2) is 4.21 Å². The van der Waals surface area contributed by atoms with Crippen LogP contribution in [-0.2, 0) is 15.7 Å². The van der Waals surface area contributed by atoms with Gasteiger partial charge in [0.25, 0.3) is 0 Å². The lowest BCUT2D eigenvalue weighted by Crippen LogP contribution is -2.31. The van der Waals surface area contributed by atoms with Gasteiger partial charge in [0.1, 0.15) is 0 Å². The molecule has 0 saturated carbocycles. The molecule has 96 valence electrons. The molecule has 7 heteroatoms. The van der Waals surface area contributed by atoms with Crippen LogP contribution in [0.1, 0.15) is 20.8 Å². The van der Waals surface area contributed by atoms with Gasteiger partial charge in [0.05, 0.1) is 22.3 Å². The molecule has 0 heterocycles. The third kappa shape index (κ3) is 6.24. The summed E-state index contributed by atoms with van der Waals surface area (Å²) < 4.78 is 51.8. The van der Waals surface area contributed by atoms with Crippen molar-refractivity contribution in [1.29, 1.82) is 0 Å². The van der Waals surface area contributed by atoms with E-state index in [1.807, 2.05) is 0 Å². The van der Waals surface area contributed by atoms with E-state index in [4.69, 9.17) is 9.88 Å². The van der Waals surface area contributed by atoms with Crippen LogP contribution in [0.5, 0.6) is 0 Å². The van der Waals surface area contributed by atoms with Crippen molar-refractivity contribution in [2.45, 2.75) is 44.4 Å². The number of nitrogens with two attached hydrogens (primary N) is 1. The summed E-state index contributed by atoms with van der Waals surface area (Å²) in [4.78, 5) is 0. The molecule has 0 bridgehead atoms. The molecule has 0 amide bonds. The normalized spacial score (nSPS) is 20.7. The van der Waals surface area contributed by atoms with Gasteiger partial charge in [0.15, 0.2) is 6.10 Å². The molecule has 0 rings (SSSR count). The van der Waals surface area contributed by atoms with Crippen molar-refractivity contribution in [3.05, 3.63) is 12.2 Å². The molecule has 0 saturated heterocycles. The van der Waals surface area contributed by atoms with Crippen molar-refractivity contribution < 1.29 is 22.1 Å². The van der Waals surface area contributed by atoms with Crippen molar-refractivity contribution >= 4 is 11.0 Å². The van der Waals surface area contributed by atoms with E-state index in [0.717, 1.165) is 6.92 Å². The minimum Gasteiger partial charge on any atom is -0.362 e. The fourth-order valence-electron chi connectivity index (χ4n) is 0.835. The first-order valence-corrected chi connectivity index (χ1v) is 5.97. The molecule has 4 atom stereocenters. The zero-order valence-corrected chi connectivity index (χ0v) is 10.1. The molecule has 0 fully saturated rings. The summed E-state index contributed by atoms with van der Waals surface area (Å²) in [6, 6.07) is 0. The summed E-state index contributed by atoms with van der Waals surface area (Å²) in [7, 11) is -1.52. The second kappa shape index (κ2) is 6.36. The van der Waals surface area contributed by atoms with Crippen molar-refractivity contribution in [3.8, 4) is 0 Å². The van der Waals surface area contributed by atoms with Gasteiger partial charge in [-0.15, -0.1) is 0 Å². The molecular weight excluding hydrogens is 243 g/mol. The maximum Gasteiger partial charge on any atom is 0.414 e. The van der Waals surface area contributed by atoms with Crippen LogP contribution in [0.3, 0.4) is 0 Å². The van der Waals surface area contributed by atoms with Gasteiger partial charge >= 0.3 is 6.18 Å². The molecule has 0 aliphatic carbocycles. The predicted molar refractivity (Wildman–Crippen MR) is 57.0 cm³/mol. The van der Waals surface area contributed by atoms with Crippen molar-refractivity contribution in [2.75, 3.05) is 0 Å². The van der Waals surface area contributed by atoms with Crippen molar-refractivity contribution in [3.63, 3.8) is 0 Å². The molecule has 3 nitrogen and oxygen atoms in total. The van der Waals surface area contributed by atoms with Crippen LogP contribution in [0.2, 0.25) is 0 Å². The molecule has 0 aromatic rings. The fraction of sp³-hybridized carbons (Fsp3) is 0.778. The van der Waals surface area contributed by atoms with E-state index in [2.05, 4.69) is 0 Å². The van der Waals surface area contributed by atoms with E-state index in [9.17, 15) is 17.4 Å². The monoisotopic (exact) mass is 259 g/mol. The Morgan fingerprint density at radius 1 is 1.25 bits per heavy atom. The summed E-state index contributed by atoms with van der Waals surface area (Å²) in [6.45, 7) is 4.02. The van der Waals surface area contributed by atoms with Gasteiger partial charge in [-0.05, 0) is 20.8 Å². The van der Waals surface area contributed by atoms with Gasteiger partial charge in [-0.2, -0.15) is 13.2 Å². The lowest BCUT2D eigenvalue weighted by Gasteiger charge is -2.19. The number of rotatable bonds is 5. The number of halogens is 3. The topological polar surface area (TPSA) is 52.3 Å². The van der Waals surface area contributed by atoms with Crippen LogP contribution >= 0.6 is 0 Å². The highest BCUT2D eigenvalue weighted by Gasteiger charge is 2.37. The van der Waals surface area contributed by atoms with Gasteiger partial charge in [0.2, 0.25) is 0 Å². The quantitative estimate of drug-likeness (QED) is 0.767. The minimum atomic E-state index is -4.37. The average Bonchev–Trinajstić information content (AvgIpc) is 2.12.